The quantitative estimate of drug-likeness (QED) is 0.273. The van der Waals surface area contributed by atoms with E-state index < -0.39 is 0 Å². The topological polar surface area (TPSA) is 76.7 Å². The lowest BCUT2D eigenvalue weighted by Crippen LogP contribution is -2.58. The smallest absolute Gasteiger partial charge is 0.227 e. The number of ether oxygens (including phenoxy) is 2. The van der Waals surface area contributed by atoms with Gasteiger partial charge in [-0.3, -0.25) is 9.59 Å². The van der Waals surface area contributed by atoms with Crippen molar-refractivity contribution in [3.8, 4) is 11.5 Å². The molecule has 7 heteroatoms. The second kappa shape index (κ2) is 14.3. The molecule has 0 spiro atoms. The van der Waals surface area contributed by atoms with Crippen molar-refractivity contribution in [3.05, 3.63) is 52.6 Å². The summed E-state index contributed by atoms with van der Waals surface area (Å²) in [7, 11) is 4.51. The molecule has 214 valence electrons. The summed E-state index contributed by atoms with van der Waals surface area (Å²) in [6.45, 7) is 12.6. The standard InChI is InChI=1S/C17H25NO2.C15H22NO2P/c1-4-13-6-8-14(9-7-13)17(19)18-15-10-5-12(2)16(11-15)20-3;1-4-13-10(2)5-12(6-14(13)11(3)17)18-9-15(19)7-16-8-15/h5,10-11,13-14H,4,6-9H2,1-3H3,(H,18,19);5-6,16H,4,7-9,19H2,1-3H3. The Morgan fingerprint density at radius 3 is 2.28 bits per heavy atom. The molecule has 1 aliphatic carbocycles. The summed E-state index contributed by atoms with van der Waals surface area (Å²) in [6.07, 6.45) is 6.53. The molecule has 2 aromatic carbocycles. The largest absolute Gasteiger partial charge is 0.496 e. The van der Waals surface area contributed by atoms with Gasteiger partial charge in [0.1, 0.15) is 11.5 Å². The Kier molecular flexibility index (Phi) is 11.4. The number of anilines is 1. The molecule has 0 bridgehead atoms. The van der Waals surface area contributed by atoms with E-state index in [2.05, 4.69) is 33.7 Å². The van der Waals surface area contributed by atoms with Gasteiger partial charge in [0.25, 0.3) is 0 Å². The van der Waals surface area contributed by atoms with Crippen molar-refractivity contribution in [3.63, 3.8) is 0 Å². The van der Waals surface area contributed by atoms with Gasteiger partial charge in [-0.1, -0.05) is 26.3 Å². The van der Waals surface area contributed by atoms with Crippen LogP contribution in [0.2, 0.25) is 0 Å². The van der Waals surface area contributed by atoms with Crippen LogP contribution in [0.4, 0.5) is 5.69 Å². The molecular formula is C32H47N2O4P. The average molecular weight is 555 g/mol. The SMILES string of the molecule is CCC1CCC(C(=O)Nc2ccc(C)c(OC)c2)CC1.CCc1c(C)cc(OCC2(P)CNC2)cc1C(C)=O. The van der Waals surface area contributed by atoms with Crippen molar-refractivity contribution in [2.24, 2.45) is 11.8 Å². The molecule has 0 radical (unpaired) electrons. The minimum absolute atomic E-state index is 0.108. The summed E-state index contributed by atoms with van der Waals surface area (Å²) in [4.78, 5) is 24.0. The van der Waals surface area contributed by atoms with Crippen LogP contribution in [0, 0.1) is 25.7 Å². The van der Waals surface area contributed by atoms with Gasteiger partial charge in [0.15, 0.2) is 5.78 Å². The molecule has 2 aromatic rings. The lowest BCUT2D eigenvalue weighted by atomic mass is 9.80. The molecule has 2 N–H and O–H groups in total. The fourth-order valence-electron chi connectivity index (χ4n) is 5.40. The number of methoxy groups -OCH3 is 1. The summed E-state index contributed by atoms with van der Waals surface area (Å²) in [6, 6.07) is 9.72. The highest BCUT2D eigenvalue weighted by Gasteiger charge is 2.32. The van der Waals surface area contributed by atoms with Gasteiger partial charge in [0.2, 0.25) is 5.91 Å². The molecule has 1 saturated heterocycles. The number of carbonyl (C=O) groups excluding carboxylic acids is 2. The summed E-state index contributed by atoms with van der Waals surface area (Å²) in [5.41, 5.74) is 4.96. The van der Waals surface area contributed by atoms with Gasteiger partial charge in [0.05, 0.1) is 13.7 Å². The van der Waals surface area contributed by atoms with Crippen molar-refractivity contribution < 1.29 is 19.1 Å². The van der Waals surface area contributed by atoms with Crippen LogP contribution in [0.25, 0.3) is 0 Å². The first kappa shape index (κ1) is 31.1. The Bertz CT molecular complexity index is 1140. The van der Waals surface area contributed by atoms with E-state index in [9.17, 15) is 9.59 Å². The maximum atomic E-state index is 12.3. The Labute approximate surface area is 237 Å². The van der Waals surface area contributed by atoms with E-state index in [1.807, 2.05) is 44.2 Å². The summed E-state index contributed by atoms with van der Waals surface area (Å²) < 4.78 is 11.2. The Hall–Kier alpha value is -2.43. The molecule has 1 heterocycles. The zero-order valence-electron chi connectivity index (χ0n) is 24.6. The number of rotatable bonds is 9. The average Bonchev–Trinajstić information content (AvgIpc) is 2.91. The highest BCUT2D eigenvalue weighted by molar-refractivity contribution is 7.19. The monoisotopic (exact) mass is 554 g/mol. The van der Waals surface area contributed by atoms with Crippen LogP contribution in [0.15, 0.2) is 30.3 Å². The van der Waals surface area contributed by atoms with Crippen LogP contribution >= 0.6 is 9.24 Å². The molecule has 1 amide bonds. The summed E-state index contributed by atoms with van der Waals surface area (Å²) in [5.74, 6) is 2.87. The van der Waals surface area contributed by atoms with E-state index in [0.29, 0.717) is 6.61 Å². The number of carbonyl (C=O) groups is 2. The molecule has 2 aliphatic rings. The van der Waals surface area contributed by atoms with Crippen molar-refractivity contribution >= 4 is 26.6 Å². The lowest BCUT2D eigenvalue weighted by molar-refractivity contribution is -0.121. The second-order valence-corrected chi connectivity index (χ2v) is 12.5. The Morgan fingerprint density at radius 2 is 1.74 bits per heavy atom. The second-order valence-electron chi connectivity index (χ2n) is 11.2. The van der Waals surface area contributed by atoms with E-state index in [1.54, 1.807) is 14.0 Å². The number of aryl methyl sites for hydroxylation is 2. The van der Waals surface area contributed by atoms with Crippen LogP contribution in [0.3, 0.4) is 0 Å². The molecule has 39 heavy (non-hydrogen) atoms. The molecule has 1 atom stereocenters. The van der Waals surface area contributed by atoms with Crippen molar-refractivity contribution in [2.45, 2.75) is 78.3 Å². The van der Waals surface area contributed by atoms with E-state index in [1.165, 1.54) is 19.3 Å². The van der Waals surface area contributed by atoms with Gasteiger partial charge in [-0.05, 0) is 93.7 Å². The van der Waals surface area contributed by atoms with Gasteiger partial charge in [-0.2, -0.15) is 0 Å². The molecule has 4 rings (SSSR count). The number of amides is 1. The Balaban J connectivity index is 0.000000216. The van der Waals surface area contributed by atoms with E-state index in [-0.39, 0.29) is 22.8 Å². The van der Waals surface area contributed by atoms with E-state index >= 15 is 0 Å². The maximum Gasteiger partial charge on any atom is 0.227 e. The molecule has 1 unspecified atom stereocenters. The van der Waals surface area contributed by atoms with Crippen LogP contribution in [-0.4, -0.2) is 43.7 Å². The lowest BCUT2D eigenvalue weighted by Gasteiger charge is -2.38. The van der Waals surface area contributed by atoms with Gasteiger partial charge in [-0.15, -0.1) is 9.24 Å². The highest BCUT2D eigenvalue weighted by Crippen LogP contribution is 2.32. The first-order valence-electron chi connectivity index (χ1n) is 14.3. The summed E-state index contributed by atoms with van der Waals surface area (Å²) >= 11 is 0. The third-order valence-electron chi connectivity index (χ3n) is 8.13. The van der Waals surface area contributed by atoms with Crippen molar-refractivity contribution in [1.29, 1.82) is 0 Å². The molecule has 2 fully saturated rings. The molecule has 1 saturated carbocycles. The van der Waals surface area contributed by atoms with Gasteiger partial charge < -0.3 is 20.1 Å². The number of benzene rings is 2. The number of nitrogens with one attached hydrogen (secondary N) is 2. The Morgan fingerprint density at radius 1 is 1.05 bits per heavy atom. The zero-order chi connectivity index (χ0) is 28.6. The first-order valence-corrected chi connectivity index (χ1v) is 14.9. The fourth-order valence-corrected chi connectivity index (χ4v) is 5.77. The van der Waals surface area contributed by atoms with Crippen LogP contribution < -0.4 is 20.1 Å². The predicted molar refractivity (Wildman–Crippen MR) is 163 cm³/mol. The summed E-state index contributed by atoms with van der Waals surface area (Å²) in [5, 5.41) is 6.42. The van der Waals surface area contributed by atoms with Crippen LogP contribution in [-0.2, 0) is 11.2 Å². The minimum Gasteiger partial charge on any atom is -0.496 e. The number of ketones is 1. The predicted octanol–water partition coefficient (Wildman–Crippen LogP) is 6.51. The third-order valence-corrected chi connectivity index (χ3v) is 8.71. The number of hydrogen-bond acceptors (Lipinski definition) is 5. The zero-order valence-corrected chi connectivity index (χ0v) is 25.8. The molecule has 0 aromatic heterocycles. The normalized spacial score (nSPS) is 19.7. The van der Waals surface area contributed by atoms with Crippen molar-refractivity contribution in [2.75, 3.05) is 32.1 Å². The van der Waals surface area contributed by atoms with E-state index in [0.717, 1.165) is 77.7 Å². The van der Waals surface area contributed by atoms with Crippen molar-refractivity contribution in [1.82, 2.24) is 5.32 Å². The molecule has 1 aliphatic heterocycles. The van der Waals surface area contributed by atoms with Gasteiger partial charge in [0, 0.05) is 41.5 Å². The van der Waals surface area contributed by atoms with Gasteiger partial charge >= 0.3 is 0 Å². The highest BCUT2D eigenvalue weighted by atomic mass is 31.0. The number of hydrogen-bond donors (Lipinski definition) is 2. The van der Waals surface area contributed by atoms with E-state index in [4.69, 9.17) is 9.47 Å². The number of Topliss-reactive ketones (excluding diaryl/α,β-unsaturated/α-hetero) is 1. The first-order chi connectivity index (χ1) is 18.6. The molecular weight excluding hydrogens is 507 g/mol. The van der Waals surface area contributed by atoms with Crippen LogP contribution in [0.1, 0.15) is 79.9 Å². The maximum absolute atomic E-state index is 12.3. The van der Waals surface area contributed by atoms with Gasteiger partial charge in [-0.25, -0.2) is 0 Å². The minimum atomic E-state index is 0.108. The van der Waals surface area contributed by atoms with Crippen LogP contribution in [0.5, 0.6) is 11.5 Å². The molecule has 6 nitrogen and oxygen atoms in total. The third kappa shape index (κ3) is 8.53. The fraction of sp³-hybridized carbons (Fsp3) is 0.562.